The summed E-state index contributed by atoms with van der Waals surface area (Å²) in [5.41, 5.74) is 1.75. The highest BCUT2D eigenvalue weighted by Crippen LogP contribution is 2.31. The van der Waals surface area contributed by atoms with E-state index in [4.69, 9.17) is 9.72 Å². The fraction of sp³-hybridized carbons (Fsp3) is 0.318. The number of anilines is 2. The lowest BCUT2D eigenvalue weighted by atomic mass is 9.94. The van der Waals surface area contributed by atoms with E-state index in [1.54, 1.807) is 48.2 Å². The zero-order valence-electron chi connectivity index (χ0n) is 17.5. The molecule has 0 amide bonds. The molecule has 1 saturated heterocycles. The minimum atomic E-state index is -3.53. The van der Waals surface area contributed by atoms with Crippen LogP contribution in [-0.2, 0) is 10.0 Å². The van der Waals surface area contributed by atoms with Crippen LogP contribution in [0.1, 0.15) is 30.0 Å². The van der Waals surface area contributed by atoms with Crippen LogP contribution in [0.4, 0.5) is 11.6 Å². The highest BCUT2D eigenvalue weighted by molar-refractivity contribution is 7.89. The molecule has 9 heteroatoms. The molecule has 31 heavy (non-hydrogen) atoms. The number of methoxy groups -OCH3 is 1. The number of ether oxygens (including phenoxy) is 1. The van der Waals surface area contributed by atoms with Gasteiger partial charge in [-0.1, -0.05) is 6.07 Å². The third-order valence-electron chi connectivity index (χ3n) is 5.47. The number of piperidine rings is 1. The Labute approximate surface area is 182 Å². The SMILES string of the molecule is COc1ccc(S(=O)(=O)N2CCC(c3cccc(Nc4cnccn4)n3)CC2)cc1C. The number of hydrogen-bond acceptors (Lipinski definition) is 7. The highest BCUT2D eigenvalue weighted by atomic mass is 32.2. The second-order valence-corrected chi connectivity index (χ2v) is 9.41. The molecule has 1 aliphatic rings. The summed E-state index contributed by atoms with van der Waals surface area (Å²) in [6.07, 6.45) is 6.31. The number of nitrogens with one attached hydrogen (secondary N) is 1. The van der Waals surface area contributed by atoms with E-state index < -0.39 is 10.0 Å². The molecular weight excluding hydrogens is 414 g/mol. The number of sulfonamides is 1. The van der Waals surface area contributed by atoms with E-state index in [9.17, 15) is 8.42 Å². The van der Waals surface area contributed by atoms with Crippen molar-refractivity contribution in [3.63, 3.8) is 0 Å². The summed E-state index contributed by atoms with van der Waals surface area (Å²) < 4.78 is 33.0. The Hall–Kier alpha value is -3.04. The Kier molecular flexibility index (Phi) is 6.15. The van der Waals surface area contributed by atoms with Crippen molar-refractivity contribution in [3.8, 4) is 5.75 Å². The van der Waals surface area contributed by atoms with Gasteiger partial charge in [0.05, 0.1) is 18.2 Å². The van der Waals surface area contributed by atoms with E-state index >= 15 is 0 Å². The molecule has 1 N–H and O–H groups in total. The normalized spacial score (nSPS) is 15.5. The third kappa shape index (κ3) is 4.67. The zero-order valence-corrected chi connectivity index (χ0v) is 18.3. The van der Waals surface area contributed by atoms with Crippen molar-refractivity contribution in [2.45, 2.75) is 30.6 Å². The van der Waals surface area contributed by atoms with Gasteiger partial charge in [0.2, 0.25) is 10.0 Å². The minimum absolute atomic E-state index is 0.202. The van der Waals surface area contributed by atoms with Gasteiger partial charge in [-0.05, 0) is 55.7 Å². The predicted molar refractivity (Wildman–Crippen MR) is 118 cm³/mol. The molecule has 0 unspecified atom stereocenters. The molecule has 3 heterocycles. The van der Waals surface area contributed by atoms with Gasteiger partial charge in [0.25, 0.3) is 0 Å². The molecule has 1 aliphatic heterocycles. The van der Waals surface area contributed by atoms with Crippen molar-refractivity contribution in [2.24, 2.45) is 0 Å². The third-order valence-corrected chi connectivity index (χ3v) is 7.36. The second-order valence-electron chi connectivity index (χ2n) is 7.47. The van der Waals surface area contributed by atoms with Gasteiger partial charge in [0.15, 0.2) is 0 Å². The average Bonchev–Trinajstić information content (AvgIpc) is 2.80. The maximum Gasteiger partial charge on any atom is 0.243 e. The van der Waals surface area contributed by atoms with E-state index in [2.05, 4.69) is 15.3 Å². The van der Waals surface area contributed by atoms with Gasteiger partial charge in [0, 0.05) is 37.1 Å². The van der Waals surface area contributed by atoms with Crippen LogP contribution in [0.15, 0.2) is 59.9 Å². The maximum atomic E-state index is 13.1. The largest absolute Gasteiger partial charge is 0.496 e. The Bertz CT molecular complexity index is 1150. The van der Waals surface area contributed by atoms with E-state index in [-0.39, 0.29) is 5.92 Å². The Balaban J connectivity index is 1.44. The van der Waals surface area contributed by atoms with Crippen molar-refractivity contribution in [1.82, 2.24) is 19.3 Å². The van der Waals surface area contributed by atoms with Crippen LogP contribution in [0, 0.1) is 6.92 Å². The van der Waals surface area contributed by atoms with Crippen LogP contribution < -0.4 is 10.1 Å². The molecule has 0 saturated carbocycles. The van der Waals surface area contributed by atoms with E-state index in [1.807, 2.05) is 25.1 Å². The molecule has 1 fully saturated rings. The molecule has 3 aromatic rings. The van der Waals surface area contributed by atoms with Crippen molar-refractivity contribution in [3.05, 3.63) is 66.2 Å². The number of pyridine rings is 1. The summed E-state index contributed by atoms with van der Waals surface area (Å²) in [4.78, 5) is 13.3. The number of aryl methyl sites for hydroxylation is 1. The Morgan fingerprint density at radius 1 is 1.10 bits per heavy atom. The molecule has 1 aromatic carbocycles. The van der Waals surface area contributed by atoms with Gasteiger partial charge in [-0.2, -0.15) is 4.31 Å². The fourth-order valence-corrected chi connectivity index (χ4v) is 5.35. The number of hydrogen-bond donors (Lipinski definition) is 1. The molecule has 0 bridgehead atoms. The zero-order chi connectivity index (χ0) is 21.8. The van der Waals surface area contributed by atoms with Crippen LogP contribution in [0.25, 0.3) is 0 Å². The van der Waals surface area contributed by atoms with Gasteiger partial charge in [-0.15, -0.1) is 0 Å². The van der Waals surface area contributed by atoms with Crippen molar-refractivity contribution in [1.29, 1.82) is 0 Å². The molecule has 0 radical (unpaired) electrons. The maximum absolute atomic E-state index is 13.1. The van der Waals surface area contributed by atoms with E-state index in [1.165, 1.54) is 0 Å². The standard InChI is InChI=1S/C22H25N5O3S/c1-16-14-18(6-7-20(16)30-2)31(28,29)27-12-8-17(9-13-27)19-4-3-5-21(25-19)26-22-15-23-10-11-24-22/h3-7,10-11,14-15,17H,8-9,12-13H2,1-2H3,(H,24,25,26). The number of nitrogens with zero attached hydrogens (tertiary/aromatic N) is 4. The minimum Gasteiger partial charge on any atom is -0.496 e. The molecule has 4 rings (SSSR count). The number of aromatic nitrogens is 3. The van der Waals surface area contributed by atoms with Gasteiger partial charge < -0.3 is 10.1 Å². The smallest absolute Gasteiger partial charge is 0.243 e. The lowest BCUT2D eigenvalue weighted by molar-refractivity contribution is 0.317. The summed E-state index contributed by atoms with van der Waals surface area (Å²) >= 11 is 0. The molecule has 0 atom stereocenters. The average molecular weight is 440 g/mol. The first-order chi connectivity index (χ1) is 15.0. The molecule has 0 aliphatic carbocycles. The monoisotopic (exact) mass is 439 g/mol. The number of benzene rings is 1. The summed E-state index contributed by atoms with van der Waals surface area (Å²) in [6.45, 7) is 2.76. The fourth-order valence-electron chi connectivity index (χ4n) is 3.80. The van der Waals surface area contributed by atoms with Crippen LogP contribution >= 0.6 is 0 Å². The molecule has 8 nitrogen and oxygen atoms in total. The quantitative estimate of drug-likeness (QED) is 0.628. The molecular formula is C22H25N5O3S. The number of rotatable bonds is 6. The van der Waals surface area contributed by atoms with Crippen LogP contribution in [0.2, 0.25) is 0 Å². The second kappa shape index (κ2) is 8.99. The van der Waals surface area contributed by atoms with Gasteiger partial charge in [-0.25, -0.2) is 18.4 Å². The first-order valence-corrected chi connectivity index (χ1v) is 11.6. The summed E-state index contributed by atoms with van der Waals surface area (Å²) in [7, 11) is -1.96. The van der Waals surface area contributed by atoms with Crippen molar-refractivity contribution >= 4 is 21.7 Å². The van der Waals surface area contributed by atoms with Crippen molar-refractivity contribution in [2.75, 3.05) is 25.5 Å². The highest BCUT2D eigenvalue weighted by Gasteiger charge is 2.30. The molecule has 162 valence electrons. The van der Waals surface area contributed by atoms with Crippen LogP contribution in [-0.4, -0.2) is 47.9 Å². The van der Waals surface area contributed by atoms with Crippen LogP contribution in [0.3, 0.4) is 0 Å². The van der Waals surface area contributed by atoms with E-state index in [0.717, 1.165) is 24.1 Å². The first kappa shape index (κ1) is 21.2. The van der Waals surface area contributed by atoms with Crippen LogP contribution in [0.5, 0.6) is 5.75 Å². The Morgan fingerprint density at radius 2 is 1.90 bits per heavy atom. The summed E-state index contributed by atoms with van der Waals surface area (Å²) in [5.74, 6) is 2.20. The molecule has 2 aromatic heterocycles. The lowest BCUT2D eigenvalue weighted by Crippen LogP contribution is -2.38. The predicted octanol–water partition coefficient (Wildman–Crippen LogP) is 3.50. The summed E-state index contributed by atoms with van der Waals surface area (Å²) in [6, 6.07) is 10.8. The summed E-state index contributed by atoms with van der Waals surface area (Å²) in [5, 5.41) is 3.15. The van der Waals surface area contributed by atoms with Gasteiger partial charge in [0.1, 0.15) is 17.4 Å². The van der Waals surface area contributed by atoms with Gasteiger partial charge >= 0.3 is 0 Å². The van der Waals surface area contributed by atoms with E-state index in [0.29, 0.717) is 35.4 Å². The lowest BCUT2D eigenvalue weighted by Gasteiger charge is -2.31. The Morgan fingerprint density at radius 3 is 2.58 bits per heavy atom. The first-order valence-electron chi connectivity index (χ1n) is 10.1. The topological polar surface area (TPSA) is 97.3 Å². The molecule has 0 spiro atoms. The van der Waals surface area contributed by atoms with Gasteiger partial charge in [-0.3, -0.25) is 4.98 Å². The van der Waals surface area contributed by atoms with Crippen molar-refractivity contribution < 1.29 is 13.2 Å².